The quantitative estimate of drug-likeness (QED) is 0.318. The first kappa shape index (κ1) is 18.8. The number of fused-ring (bicyclic) bond motifs is 1. The molecule has 0 aromatic heterocycles. The van der Waals surface area contributed by atoms with Gasteiger partial charge in [-0.15, -0.1) is 0 Å². The van der Waals surface area contributed by atoms with E-state index in [4.69, 9.17) is 0 Å². The fourth-order valence-electron chi connectivity index (χ4n) is 3.58. The molecule has 4 aromatic rings. The molecular formula is C28H25N. The summed E-state index contributed by atoms with van der Waals surface area (Å²) in [7, 11) is 0. The van der Waals surface area contributed by atoms with Gasteiger partial charge in [-0.2, -0.15) is 0 Å². The van der Waals surface area contributed by atoms with Crippen LogP contribution in [-0.4, -0.2) is 0 Å². The predicted octanol–water partition coefficient (Wildman–Crippen LogP) is 8.13. The number of rotatable bonds is 5. The third-order valence-corrected chi connectivity index (χ3v) is 5.22. The molecule has 0 N–H and O–H groups in total. The van der Waals surface area contributed by atoms with Gasteiger partial charge in [-0.1, -0.05) is 78.9 Å². The summed E-state index contributed by atoms with van der Waals surface area (Å²) in [5, 5.41) is 2.49. The average molecular weight is 376 g/mol. The first-order chi connectivity index (χ1) is 14.2. The second kappa shape index (κ2) is 8.20. The van der Waals surface area contributed by atoms with Crippen molar-refractivity contribution in [3.63, 3.8) is 0 Å². The molecule has 0 amide bonds. The van der Waals surface area contributed by atoms with Gasteiger partial charge in [-0.25, -0.2) is 0 Å². The molecule has 0 saturated carbocycles. The lowest BCUT2D eigenvalue weighted by molar-refractivity contribution is 1.27. The lowest BCUT2D eigenvalue weighted by atomic mass is 10.0. The Hall–Kier alpha value is -3.58. The van der Waals surface area contributed by atoms with Gasteiger partial charge in [0, 0.05) is 17.1 Å². The predicted molar refractivity (Wildman–Crippen MR) is 127 cm³/mol. The van der Waals surface area contributed by atoms with Crippen LogP contribution in [-0.2, 0) is 0 Å². The molecule has 4 aromatic carbocycles. The Morgan fingerprint density at radius 1 is 0.690 bits per heavy atom. The van der Waals surface area contributed by atoms with Crippen LogP contribution in [0.5, 0.6) is 0 Å². The maximum absolute atomic E-state index is 3.80. The van der Waals surface area contributed by atoms with Gasteiger partial charge in [-0.3, -0.25) is 0 Å². The molecule has 0 unspecified atom stereocenters. The normalized spacial score (nSPS) is 11.1. The highest BCUT2D eigenvalue weighted by Crippen LogP contribution is 2.37. The van der Waals surface area contributed by atoms with E-state index in [1.165, 1.54) is 27.5 Å². The van der Waals surface area contributed by atoms with E-state index in [9.17, 15) is 0 Å². The molecule has 0 atom stereocenters. The molecule has 0 bridgehead atoms. The maximum Gasteiger partial charge on any atom is 0.0468 e. The van der Waals surface area contributed by atoms with Crippen LogP contribution in [0.15, 0.2) is 104 Å². The second-order valence-electron chi connectivity index (χ2n) is 7.34. The molecule has 29 heavy (non-hydrogen) atoms. The minimum atomic E-state index is 1.14. The van der Waals surface area contributed by atoms with Gasteiger partial charge in [-0.05, 0) is 72.1 Å². The fourth-order valence-corrected chi connectivity index (χ4v) is 3.58. The van der Waals surface area contributed by atoms with Gasteiger partial charge >= 0.3 is 0 Å². The maximum atomic E-state index is 3.80. The van der Waals surface area contributed by atoms with Crippen molar-refractivity contribution < 1.29 is 0 Å². The smallest absolute Gasteiger partial charge is 0.0468 e. The average Bonchev–Trinajstić information content (AvgIpc) is 2.75. The van der Waals surface area contributed by atoms with E-state index in [0.717, 1.165) is 17.1 Å². The number of nitrogens with zero attached hydrogens (tertiary/aromatic N) is 1. The second-order valence-corrected chi connectivity index (χ2v) is 7.34. The molecule has 0 radical (unpaired) electrons. The topological polar surface area (TPSA) is 3.24 Å². The highest BCUT2D eigenvalue weighted by Gasteiger charge is 2.14. The Bertz CT molecular complexity index is 1180. The van der Waals surface area contributed by atoms with E-state index < -0.39 is 0 Å². The number of aryl methyl sites for hydroxylation is 2. The number of hydrogen-bond donors (Lipinski definition) is 0. The number of hydrogen-bond acceptors (Lipinski definition) is 1. The summed E-state index contributed by atoms with van der Waals surface area (Å²) in [6.07, 6.45) is 5.91. The van der Waals surface area contributed by atoms with Gasteiger partial charge in [0.1, 0.15) is 0 Å². The molecule has 0 saturated heterocycles. The van der Waals surface area contributed by atoms with Crippen LogP contribution in [0.25, 0.3) is 16.8 Å². The SMILES string of the molecule is C=C/C=C\c1cc(N(c2ccc(C)cc2)c2ccc3ccccc3c2)ccc1C. The highest BCUT2D eigenvalue weighted by atomic mass is 15.1. The van der Waals surface area contributed by atoms with Crippen LogP contribution in [0, 0.1) is 13.8 Å². The molecule has 0 aliphatic heterocycles. The largest absolute Gasteiger partial charge is 0.310 e. The molecule has 1 heteroatoms. The Kier molecular flexibility index (Phi) is 5.31. The van der Waals surface area contributed by atoms with Gasteiger partial charge in [0.25, 0.3) is 0 Å². The standard InChI is InChI=1S/C28H25N/c1-4-5-8-24-19-27(17-13-22(24)3)29(26-15-11-21(2)12-16-26)28-18-14-23-9-6-7-10-25(23)20-28/h4-20H,1H2,2-3H3/b8-5-. The van der Waals surface area contributed by atoms with Gasteiger partial charge in [0.2, 0.25) is 0 Å². The van der Waals surface area contributed by atoms with E-state index in [2.05, 4.69) is 116 Å². The van der Waals surface area contributed by atoms with Crippen LogP contribution in [0.3, 0.4) is 0 Å². The molecule has 0 heterocycles. The van der Waals surface area contributed by atoms with Crippen molar-refractivity contribution in [1.82, 2.24) is 0 Å². The van der Waals surface area contributed by atoms with Gasteiger partial charge in [0.05, 0.1) is 0 Å². The first-order valence-corrected chi connectivity index (χ1v) is 9.91. The van der Waals surface area contributed by atoms with E-state index in [1.807, 2.05) is 12.2 Å². The van der Waals surface area contributed by atoms with Gasteiger partial charge < -0.3 is 4.90 Å². The molecule has 0 fully saturated rings. The lowest BCUT2D eigenvalue weighted by Crippen LogP contribution is -2.10. The van der Waals surface area contributed by atoms with E-state index in [-0.39, 0.29) is 0 Å². The minimum Gasteiger partial charge on any atom is -0.310 e. The molecule has 1 nitrogen and oxygen atoms in total. The van der Waals surface area contributed by atoms with Gasteiger partial charge in [0.15, 0.2) is 0 Å². The zero-order valence-electron chi connectivity index (χ0n) is 17.0. The third kappa shape index (κ3) is 4.00. The van der Waals surface area contributed by atoms with Crippen molar-refractivity contribution in [2.45, 2.75) is 13.8 Å². The summed E-state index contributed by atoms with van der Waals surface area (Å²) in [5.41, 5.74) is 7.13. The Labute approximate surface area is 173 Å². The summed E-state index contributed by atoms with van der Waals surface area (Å²) in [6, 6.07) is 30.4. The summed E-state index contributed by atoms with van der Waals surface area (Å²) < 4.78 is 0. The van der Waals surface area contributed by atoms with Crippen molar-refractivity contribution >= 4 is 33.9 Å². The number of anilines is 3. The van der Waals surface area contributed by atoms with Crippen molar-refractivity contribution in [2.75, 3.05) is 4.90 Å². The summed E-state index contributed by atoms with van der Waals surface area (Å²) in [4.78, 5) is 2.32. The van der Waals surface area contributed by atoms with Crippen molar-refractivity contribution in [3.8, 4) is 0 Å². The lowest BCUT2D eigenvalue weighted by Gasteiger charge is -2.26. The van der Waals surface area contributed by atoms with E-state index in [0.29, 0.717) is 0 Å². The molecule has 142 valence electrons. The molecule has 0 spiro atoms. The molecule has 4 rings (SSSR count). The van der Waals surface area contributed by atoms with Crippen molar-refractivity contribution in [2.24, 2.45) is 0 Å². The Morgan fingerprint density at radius 2 is 1.34 bits per heavy atom. The summed E-state index contributed by atoms with van der Waals surface area (Å²) in [6.45, 7) is 8.06. The molecule has 0 aliphatic carbocycles. The van der Waals surface area contributed by atoms with Crippen molar-refractivity contribution in [1.29, 1.82) is 0 Å². The zero-order chi connectivity index (χ0) is 20.2. The summed E-state index contributed by atoms with van der Waals surface area (Å²) in [5.74, 6) is 0. The van der Waals surface area contributed by atoms with E-state index >= 15 is 0 Å². The first-order valence-electron chi connectivity index (χ1n) is 9.91. The van der Waals surface area contributed by atoms with Crippen LogP contribution >= 0.6 is 0 Å². The third-order valence-electron chi connectivity index (χ3n) is 5.22. The zero-order valence-corrected chi connectivity index (χ0v) is 17.0. The summed E-state index contributed by atoms with van der Waals surface area (Å²) >= 11 is 0. The monoisotopic (exact) mass is 375 g/mol. The van der Waals surface area contributed by atoms with E-state index in [1.54, 1.807) is 0 Å². The molecule has 0 aliphatic rings. The van der Waals surface area contributed by atoms with Crippen LogP contribution in [0.1, 0.15) is 16.7 Å². The van der Waals surface area contributed by atoms with Crippen LogP contribution < -0.4 is 4.90 Å². The molecular weight excluding hydrogens is 350 g/mol. The fraction of sp³-hybridized carbons (Fsp3) is 0.0714. The van der Waals surface area contributed by atoms with Crippen LogP contribution in [0.2, 0.25) is 0 Å². The van der Waals surface area contributed by atoms with Crippen LogP contribution in [0.4, 0.5) is 17.1 Å². The minimum absolute atomic E-state index is 1.14. The number of allylic oxidation sites excluding steroid dienone is 2. The Morgan fingerprint density at radius 3 is 2.10 bits per heavy atom. The highest BCUT2D eigenvalue weighted by molar-refractivity contribution is 5.89. The van der Waals surface area contributed by atoms with Crippen molar-refractivity contribution in [3.05, 3.63) is 120 Å². The number of benzene rings is 4. The Balaban J connectivity index is 1.89.